The van der Waals surface area contributed by atoms with E-state index in [9.17, 15) is 24.0 Å². The predicted molar refractivity (Wildman–Crippen MR) is 220 cm³/mol. The van der Waals surface area contributed by atoms with Crippen molar-refractivity contribution in [2.45, 2.75) is 125 Å². The first kappa shape index (κ1) is 44.0. The molecule has 3 aromatic rings. The van der Waals surface area contributed by atoms with Gasteiger partial charge in [0, 0.05) is 17.7 Å². The SMILES string of the molecule is CCCCCc1cc(CCCC)ccc1OC(CC)C(=O)Nc1ccc(Cl)c(NC(=O)C(C(=O)C(C)(C)C)N2C(=O)C(OCC)N(Cc3ccccc3)C2=O)c1. The number of carbonyl (C=O) groups is 5. The van der Waals surface area contributed by atoms with Crippen molar-refractivity contribution in [3.05, 3.63) is 88.4 Å². The molecule has 0 saturated carbocycles. The molecule has 0 bridgehead atoms. The van der Waals surface area contributed by atoms with Crippen LogP contribution in [0.4, 0.5) is 16.2 Å². The number of ketones is 1. The van der Waals surface area contributed by atoms with Crippen LogP contribution >= 0.6 is 11.6 Å². The third-order valence-corrected chi connectivity index (χ3v) is 9.95. The lowest BCUT2D eigenvalue weighted by Crippen LogP contribution is -2.55. The van der Waals surface area contributed by atoms with Crippen LogP contribution in [0.2, 0.25) is 5.02 Å². The summed E-state index contributed by atoms with van der Waals surface area (Å²) in [6.07, 6.45) is 5.51. The molecule has 4 rings (SSSR count). The fourth-order valence-corrected chi connectivity index (χ4v) is 6.64. The molecule has 302 valence electrons. The van der Waals surface area contributed by atoms with Crippen LogP contribution < -0.4 is 15.4 Å². The Bertz CT molecular complexity index is 1840. The molecule has 1 aliphatic heterocycles. The first-order valence-corrected chi connectivity index (χ1v) is 20.1. The molecule has 1 heterocycles. The van der Waals surface area contributed by atoms with Gasteiger partial charge in [-0.2, -0.15) is 0 Å². The monoisotopic (exact) mass is 788 g/mol. The van der Waals surface area contributed by atoms with Gasteiger partial charge in [0.25, 0.3) is 17.7 Å². The molecule has 56 heavy (non-hydrogen) atoms. The number of carbonyl (C=O) groups excluding carboxylic acids is 5. The van der Waals surface area contributed by atoms with Crippen molar-refractivity contribution in [2.75, 3.05) is 17.2 Å². The van der Waals surface area contributed by atoms with E-state index >= 15 is 0 Å². The van der Waals surface area contributed by atoms with Crippen molar-refractivity contribution in [1.82, 2.24) is 9.80 Å². The maximum absolute atomic E-state index is 14.2. The van der Waals surface area contributed by atoms with Crippen molar-refractivity contribution in [3.8, 4) is 5.75 Å². The van der Waals surface area contributed by atoms with Crippen LogP contribution in [-0.2, 0) is 43.3 Å². The highest BCUT2D eigenvalue weighted by Gasteiger charge is 2.54. The molecule has 2 N–H and O–H groups in total. The van der Waals surface area contributed by atoms with E-state index in [0.29, 0.717) is 22.8 Å². The summed E-state index contributed by atoms with van der Waals surface area (Å²) in [4.78, 5) is 71.5. The Morgan fingerprint density at radius 2 is 1.54 bits per heavy atom. The molecule has 0 spiro atoms. The lowest BCUT2D eigenvalue weighted by molar-refractivity contribution is -0.149. The first-order valence-electron chi connectivity index (χ1n) is 19.8. The number of amides is 5. The molecule has 3 unspecified atom stereocenters. The number of nitrogens with one attached hydrogen (secondary N) is 2. The number of anilines is 2. The first-order chi connectivity index (χ1) is 26.7. The van der Waals surface area contributed by atoms with Crippen molar-refractivity contribution in [2.24, 2.45) is 5.41 Å². The third-order valence-electron chi connectivity index (χ3n) is 9.62. The van der Waals surface area contributed by atoms with Gasteiger partial charge in [-0.1, -0.05) is 115 Å². The van der Waals surface area contributed by atoms with Crippen molar-refractivity contribution >= 4 is 52.5 Å². The second kappa shape index (κ2) is 20.4. The van der Waals surface area contributed by atoms with Gasteiger partial charge in [0.15, 0.2) is 17.9 Å². The van der Waals surface area contributed by atoms with Gasteiger partial charge in [0.05, 0.1) is 17.3 Å². The highest BCUT2D eigenvalue weighted by Crippen LogP contribution is 2.32. The average Bonchev–Trinajstić information content (AvgIpc) is 3.38. The summed E-state index contributed by atoms with van der Waals surface area (Å²) in [7, 11) is 0. The number of halogens is 1. The molecule has 3 atom stereocenters. The fraction of sp³-hybridized carbons (Fsp3) is 0.477. The number of aryl methyl sites for hydroxylation is 2. The summed E-state index contributed by atoms with van der Waals surface area (Å²) in [5, 5.41) is 5.65. The summed E-state index contributed by atoms with van der Waals surface area (Å²) in [5.41, 5.74) is 2.32. The Labute approximate surface area is 336 Å². The van der Waals surface area contributed by atoms with Crippen molar-refractivity contribution < 1.29 is 33.4 Å². The van der Waals surface area contributed by atoms with Gasteiger partial charge in [-0.15, -0.1) is 0 Å². The maximum Gasteiger partial charge on any atom is 0.330 e. The Kier molecular flexibility index (Phi) is 16.0. The van der Waals surface area contributed by atoms with E-state index in [1.807, 2.05) is 19.1 Å². The molecular formula is C44H57ClN4O7. The molecular weight excluding hydrogens is 732 g/mol. The second-order valence-corrected chi connectivity index (χ2v) is 15.5. The standard InChI is InChI=1S/C44H57ClN4O7/c1-8-12-15-21-31-26-29(18-13-9-2)22-25-36(31)56-35(10-3)39(51)46-32-23-24-33(45)34(27-32)47-40(52)37(38(50)44(5,6)7)49-41(53)42(55-11-4)48(43(49)54)28-30-19-16-14-17-20-30/h14,16-17,19-20,22-27,35,37,42H,8-13,15,18,21,28H2,1-7H3,(H,46,51)(H,47,52). The molecule has 5 amide bonds. The van der Waals surface area contributed by atoms with E-state index in [4.69, 9.17) is 21.1 Å². The molecule has 1 aliphatic rings. The average molecular weight is 789 g/mol. The lowest BCUT2D eigenvalue weighted by atomic mass is 9.85. The Morgan fingerprint density at radius 1 is 0.821 bits per heavy atom. The fourth-order valence-electron chi connectivity index (χ4n) is 6.48. The van der Waals surface area contributed by atoms with Gasteiger partial charge in [-0.3, -0.25) is 24.1 Å². The van der Waals surface area contributed by atoms with Crippen LogP contribution in [-0.4, -0.2) is 64.3 Å². The molecule has 3 aromatic carbocycles. The second-order valence-electron chi connectivity index (χ2n) is 15.1. The number of benzene rings is 3. The van der Waals surface area contributed by atoms with E-state index < -0.39 is 53.3 Å². The van der Waals surface area contributed by atoms with Gasteiger partial charge < -0.3 is 20.1 Å². The molecule has 1 fully saturated rings. The summed E-state index contributed by atoms with van der Waals surface area (Å²) >= 11 is 6.54. The van der Waals surface area contributed by atoms with Crippen LogP contribution in [0.25, 0.3) is 0 Å². The smallest absolute Gasteiger partial charge is 0.330 e. The van der Waals surface area contributed by atoms with Crippen LogP contribution in [0.1, 0.15) is 104 Å². The normalized spacial score (nSPS) is 15.5. The number of unbranched alkanes of at least 4 members (excludes halogenated alkanes) is 3. The summed E-state index contributed by atoms with van der Waals surface area (Å²) in [6.45, 7) is 12.8. The van der Waals surface area contributed by atoms with Crippen LogP contribution in [0.15, 0.2) is 66.7 Å². The van der Waals surface area contributed by atoms with Gasteiger partial charge >= 0.3 is 6.03 Å². The van der Waals surface area contributed by atoms with E-state index in [2.05, 4.69) is 36.6 Å². The zero-order valence-corrected chi connectivity index (χ0v) is 34.5. The molecule has 0 aromatic heterocycles. The Hall–Kier alpha value is -4.74. The number of nitrogens with zero attached hydrogens (tertiary/aromatic N) is 2. The molecule has 11 nitrogen and oxygen atoms in total. The predicted octanol–water partition coefficient (Wildman–Crippen LogP) is 8.96. The van der Waals surface area contributed by atoms with Crippen molar-refractivity contribution in [3.63, 3.8) is 0 Å². The zero-order chi connectivity index (χ0) is 41.0. The number of urea groups is 1. The third kappa shape index (κ3) is 11.2. The topological polar surface area (TPSA) is 134 Å². The Morgan fingerprint density at radius 3 is 2.18 bits per heavy atom. The Balaban J connectivity index is 1.57. The number of rotatable bonds is 20. The highest BCUT2D eigenvalue weighted by molar-refractivity contribution is 6.34. The summed E-state index contributed by atoms with van der Waals surface area (Å²) in [5.74, 6) is -2.14. The maximum atomic E-state index is 14.2. The lowest BCUT2D eigenvalue weighted by Gasteiger charge is -2.29. The zero-order valence-electron chi connectivity index (χ0n) is 33.8. The van der Waals surface area contributed by atoms with E-state index in [1.165, 1.54) is 22.6 Å². The molecule has 0 aliphatic carbocycles. The van der Waals surface area contributed by atoms with Gasteiger partial charge in [0.1, 0.15) is 5.75 Å². The van der Waals surface area contributed by atoms with E-state index in [1.54, 1.807) is 58.0 Å². The largest absolute Gasteiger partial charge is 0.480 e. The molecule has 1 saturated heterocycles. The van der Waals surface area contributed by atoms with Crippen LogP contribution in [0.3, 0.4) is 0 Å². The number of ether oxygens (including phenoxy) is 2. The van der Waals surface area contributed by atoms with Crippen LogP contribution in [0.5, 0.6) is 5.75 Å². The minimum atomic E-state index is -1.84. The minimum Gasteiger partial charge on any atom is -0.480 e. The molecule has 0 radical (unpaired) electrons. The van der Waals surface area contributed by atoms with Gasteiger partial charge in [-0.25, -0.2) is 9.69 Å². The van der Waals surface area contributed by atoms with E-state index in [0.717, 1.165) is 56.1 Å². The van der Waals surface area contributed by atoms with Gasteiger partial charge in [0.2, 0.25) is 6.23 Å². The van der Waals surface area contributed by atoms with Crippen LogP contribution in [0, 0.1) is 5.41 Å². The quantitative estimate of drug-likeness (QED) is 0.0663. The van der Waals surface area contributed by atoms with Crippen molar-refractivity contribution in [1.29, 1.82) is 0 Å². The number of imide groups is 1. The number of Topliss-reactive ketones (excluding diaryl/α,β-unsaturated/α-hetero) is 1. The summed E-state index contributed by atoms with van der Waals surface area (Å²) < 4.78 is 12.0. The van der Waals surface area contributed by atoms with E-state index in [-0.39, 0.29) is 23.9 Å². The minimum absolute atomic E-state index is 0.0190. The van der Waals surface area contributed by atoms with Gasteiger partial charge in [-0.05, 0) is 80.0 Å². The molecule has 12 heteroatoms. The number of hydrogen-bond acceptors (Lipinski definition) is 7. The summed E-state index contributed by atoms with van der Waals surface area (Å²) in [6, 6.07) is 17.1. The highest BCUT2D eigenvalue weighted by atomic mass is 35.5. The number of hydrogen-bond donors (Lipinski definition) is 2.